The van der Waals surface area contributed by atoms with Gasteiger partial charge in [-0.3, -0.25) is 19.3 Å². The van der Waals surface area contributed by atoms with Gasteiger partial charge in [0.1, 0.15) is 23.2 Å². The molecule has 1 aromatic rings. The van der Waals surface area contributed by atoms with Crippen LogP contribution in [0.3, 0.4) is 0 Å². The molecule has 2 heterocycles. The lowest BCUT2D eigenvalue weighted by Gasteiger charge is -2.36. The molecule has 0 radical (unpaired) electrons. The van der Waals surface area contributed by atoms with Crippen molar-refractivity contribution in [1.82, 2.24) is 10.2 Å². The van der Waals surface area contributed by atoms with Crippen molar-refractivity contribution in [2.45, 2.75) is 38.1 Å². The van der Waals surface area contributed by atoms with Crippen molar-refractivity contribution in [2.24, 2.45) is 5.92 Å². The van der Waals surface area contributed by atoms with Gasteiger partial charge in [-0.2, -0.15) is 5.26 Å². The minimum Gasteiger partial charge on any atom is -0.454 e. The first-order valence-electron chi connectivity index (χ1n) is 8.94. The number of urea groups is 1. The van der Waals surface area contributed by atoms with E-state index in [1.165, 1.54) is 11.3 Å². The lowest BCUT2D eigenvalue weighted by Crippen LogP contribution is -2.54. The fraction of sp³-hybridized carbons (Fsp3) is 0.500. The number of carbonyl (C=O) groups excluding carboxylic acids is 4. The normalized spacial score (nSPS) is 24.0. The molecule has 1 aliphatic heterocycles. The van der Waals surface area contributed by atoms with Crippen LogP contribution in [0.4, 0.5) is 9.80 Å². The van der Waals surface area contributed by atoms with Crippen LogP contribution in [0.1, 0.15) is 38.2 Å². The van der Waals surface area contributed by atoms with Crippen molar-refractivity contribution in [2.75, 3.05) is 18.5 Å². The number of imide groups is 1. The van der Waals surface area contributed by atoms with Gasteiger partial charge in [-0.1, -0.05) is 19.8 Å². The molecule has 1 saturated heterocycles. The maximum absolute atomic E-state index is 12.8. The summed E-state index contributed by atoms with van der Waals surface area (Å²) in [7, 11) is 0. The summed E-state index contributed by atoms with van der Waals surface area (Å²) in [5.74, 6) is -1.89. The topological polar surface area (TPSA) is 129 Å². The van der Waals surface area contributed by atoms with Crippen LogP contribution in [0.25, 0.3) is 0 Å². The Balaban J connectivity index is 1.53. The van der Waals surface area contributed by atoms with Gasteiger partial charge in [0, 0.05) is 0 Å². The van der Waals surface area contributed by atoms with Crippen molar-refractivity contribution < 1.29 is 23.9 Å². The molecular weight excluding hydrogens is 384 g/mol. The molecule has 9 nitrogen and oxygen atoms in total. The predicted octanol–water partition coefficient (Wildman–Crippen LogP) is 1.60. The van der Waals surface area contributed by atoms with E-state index >= 15 is 0 Å². The Bertz CT molecular complexity index is 860. The fourth-order valence-electron chi connectivity index (χ4n) is 3.62. The van der Waals surface area contributed by atoms with Crippen molar-refractivity contribution in [3.63, 3.8) is 0 Å². The third kappa shape index (κ3) is 3.71. The summed E-state index contributed by atoms with van der Waals surface area (Å²) in [6.45, 7) is 0.797. The van der Waals surface area contributed by atoms with Gasteiger partial charge < -0.3 is 15.4 Å². The molecular formula is C18H20N4O5S. The van der Waals surface area contributed by atoms with Crippen LogP contribution in [0.2, 0.25) is 0 Å². The molecule has 0 aromatic carbocycles. The number of thiophene rings is 1. The van der Waals surface area contributed by atoms with Gasteiger partial charge in [0.2, 0.25) is 0 Å². The summed E-state index contributed by atoms with van der Waals surface area (Å²) in [4.78, 5) is 49.8. The average molecular weight is 404 g/mol. The standard InChI is InChI=1S/C18H20N4O5S/c1-11-4-2-3-6-18(11)16(25)22(17(26)21-18)9-14(24)27-10-13(23)20-15-12(8-19)5-7-28-15/h5,7,11H,2-4,6,9-10H2,1H3,(H,20,23)(H,21,26)/t11-,18-/m0/s1. The monoisotopic (exact) mass is 404 g/mol. The van der Waals surface area contributed by atoms with E-state index in [-0.39, 0.29) is 5.92 Å². The zero-order valence-corrected chi connectivity index (χ0v) is 16.1. The number of esters is 1. The molecule has 1 saturated carbocycles. The van der Waals surface area contributed by atoms with E-state index in [2.05, 4.69) is 10.6 Å². The second-order valence-corrected chi connectivity index (χ2v) is 7.84. The Labute approximate surface area is 165 Å². The summed E-state index contributed by atoms with van der Waals surface area (Å²) in [5.41, 5.74) is -0.629. The van der Waals surface area contributed by atoms with Crippen LogP contribution in [0.15, 0.2) is 11.4 Å². The number of ether oxygens (including phenoxy) is 1. The van der Waals surface area contributed by atoms with Gasteiger partial charge in [-0.05, 0) is 30.2 Å². The zero-order chi connectivity index (χ0) is 20.3. The maximum Gasteiger partial charge on any atom is 0.326 e. The largest absolute Gasteiger partial charge is 0.454 e. The summed E-state index contributed by atoms with van der Waals surface area (Å²) in [6, 6.07) is 2.88. The lowest BCUT2D eigenvalue weighted by molar-refractivity contribution is -0.150. The molecule has 2 N–H and O–H groups in total. The smallest absolute Gasteiger partial charge is 0.326 e. The van der Waals surface area contributed by atoms with E-state index in [0.717, 1.165) is 24.2 Å². The number of nitrogens with zero attached hydrogens (tertiary/aromatic N) is 2. The molecule has 2 atom stereocenters. The van der Waals surface area contributed by atoms with E-state index in [9.17, 15) is 19.2 Å². The first kappa shape index (κ1) is 19.8. The van der Waals surface area contributed by atoms with Crippen LogP contribution in [-0.4, -0.2) is 47.4 Å². The summed E-state index contributed by atoms with van der Waals surface area (Å²) in [5, 5.41) is 16.2. The average Bonchev–Trinajstić information content (AvgIpc) is 3.21. The van der Waals surface area contributed by atoms with Crippen LogP contribution < -0.4 is 10.6 Å². The number of hydrogen-bond acceptors (Lipinski definition) is 7. The molecule has 1 aliphatic carbocycles. The number of amides is 4. The molecule has 1 spiro atoms. The van der Waals surface area contributed by atoms with Crippen LogP contribution in [0.5, 0.6) is 0 Å². The molecule has 1 aromatic heterocycles. The molecule has 0 bridgehead atoms. The molecule has 2 fully saturated rings. The van der Waals surface area contributed by atoms with E-state index < -0.39 is 42.5 Å². The number of nitriles is 1. The van der Waals surface area contributed by atoms with Crippen LogP contribution >= 0.6 is 11.3 Å². The SMILES string of the molecule is C[C@H]1CCCC[C@]12NC(=O)N(CC(=O)OCC(=O)Nc1sccc1C#N)C2=O. The zero-order valence-electron chi connectivity index (χ0n) is 15.3. The Hall–Kier alpha value is -2.93. The highest BCUT2D eigenvalue weighted by molar-refractivity contribution is 7.14. The van der Waals surface area contributed by atoms with E-state index in [0.29, 0.717) is 17.0 Å². The van der Waals surface area contributed by atoms with Crippen LogP contribution in [0, 0.1) is 17.2 Å². The predicted molar refractivity (Wildman–Crippen MR) is 99.2 cm³/mol. The highest BCUT2D eigenvalue weighted by Crippen LogP contribution is 2.38. The summed E-state index contributed by atoms with van der Waals surface area (Å²) >= 11 is 1.18. The second kappa shape index (κ2) is 7.98. The Morgan fingerprint density at radius 2 is 2.25 bits per heavy atom. The van der Waals surface area contributed by atoms with Gasteiger partial charge in [0.15, 0.2) is 6.61 Å². The van der Waals surface area contributed by atoms with Gasteiger partial charge >= 0.3 is 12.0 Å². The maximum atomic E-state index is 12.8. The molecule has 10 heteroatoms. The summed E-state index contributed by atoms with van der Waals surface area (Å²) < 4.78 is 4.88. The van der Waals surface area contributed by atoms with Crippen molar-refractivity contribution >= 4 is 40.2 Å². The Morgan fingerprint density at radius 1 is 1.46 bits per heavy atom. The third-order valence-electron chi connectivity index (χ3n) is 5.19. The number of rotatable bonds is 5. The van der Waals surface area contributed by atoms with E-state index in [1.54, 1.807) is 11.4 Å². The van der Waals surface area contributed by atoms with E-state index in [1.807, 2.05) is 13.0 Å². The molecule has 148 valence electrons. The highest BCUT2D eigenvalue weighted by Gasteiger charge is 2.55. The molecule has 3 rings (SSSR count). The number of anilines is 1. The fourth-order valence-corrected chi connectivity index (χ4v) is 4.37. The molecule has 4 amide bonds. The Kier molecular flexibility index (Phi) is 5.65. The number of hydrogen-bond donors (Lipinski definition) is 2. The molecule has 0 unspecified atom stereocenters. The molecule has 2 aliphatic rings. The van der Waals surface area contributed by atoms with Gasteiger partial charge in [0.05, 0.1) is 5.56 Å². The molecule has 28 heavy (non-hydrogen) atoms. The van der Waals surface area contributed by atoms with Gasteiger partial charge in [0.25, 0.3) is 11.8 Å². The van der Waals surface area contributed by atoms with Crippen LogP contribution in [-0.2, 0) is 19.1 Å². The lowest BCUT2D eigenvalue weighted by atomic mass is 9.73. The minimum absolute atomic E-state index is 0.00961. The first-order chi connectivity index (χ1) is 13.4. The van der Waals surface area contributed by atoms with Crippen molar-refractivity contribution in [3.8, 4) is 6.07 Å². The second-order valence-electron chi connectivity index (χ2n) is 6.92. The van der Waals surface area contributed by atoms with Gasteiger partial charge in [-0.15, -0.1) is 11.3 Å². The van der Waals surface area contributed by atoms with Crippen molar-refractivity contribution in [3.05, 3.63) is 17.0 Å². The summed E-state index contributed by atoms with van der Waals surface area (Å²) in [6.07, 6.45) is 3.22. The van der Waals surface area contributed by atoms with Gasteiger partial charge in [-0.25, -0.2) is 4.79 Å². The number of nitrogens with one attached hydrogen (secondary N) is 2. The Morgan fingerprint density at radius 3 is 2.96 bits per heavy atom. The quantitative estimate of drug-likeness (QED) is 0.567. The third-order valence-corrected chi connectivity index (χ3v) is 6.02. The minimum atomic E-state index is -0.945. The first-order valence-corrected chi connectivity index (χ1v) is 9.82. The number of carbonyl (C=O) groups is 4. The van der Waals surface area contributed by atoms with Crippen molar-refractivity contribution in [1.29, 1.82) is 5.26 Å². The van der Waals surface area contributed by atoms with E-state index in [4.69, 9.17) is 10.00 Å². The highest BCUT2D eigenvalue weighted by atomic mass is 32.1.